The summed E-state index contributed by atoms with van der Waals surface area (Å²) in [4.78, 5) is 30.6. The lowest BCUT2D eigenvalue weighted by Crippen LogP contribution is -2.48. The molecule has 5 aromatic rings. The van der Waals surface area contributed by atoms with Crippen molar-refractivity contribution >= 4 is 22.8 Å². The van der Waals surface area contributed by atoms with Crippen LogP contribution >= 0.6 is 0 Å². The summed E-state index contributed by atoms with van der Waals surface area (Å²) in [5.41, 5.74) is 2.05. The van der Waals surface area contributed by atoms with E-state index in [4.69, 9.17) is 4.42 Å². The van der Waals surface area contributed by atoms with Crippen LogP contribution in [0.3, 0.4) is 0 Å². The first-order valence-corrected chi connectivity index (χ1v) is 15.4. The Morgan fingerprint density at radius 3 is 2.59 bits per heavy atom. The third-order valence-electron chi connectivity index (χ3n) is 8.75. The standard InChI is InChI=1S/C35H38FN5O3/c1-39-27(18-19-38-39)14-10-22-41(35(43)28-15-5-6-17-30(28)40-20-7-8-21-40)32(34(42)37-24-25-11-3-2-4-12-25)31-23-26-13-9-16-29(36)33(26)44-31/h2-4,7-9,11-13,16,18-21,23,28,30,32H,5-6,10,14-15,17,22,24H2,1H3,(H,37,42)/t28-,30+,32?/m1/s1. The quantitative estimate of drug-likeness (QED) is 0.193. The Kier molecular flexibility index (Phi) is 8.91. The van der Waals surface area contributed by atoms with Gasteiger partial charge in [0.15, 0.2) is 17.4 Å². The molecule has 9 heteroatoms. The summed E-state index contributed by atoms with van der Waals surface area (Å²) in [6.07, 6.45) is 10.7. The van der Waals surface area contributed by atoms with Gasteiger partial charge in [-0.15, -0.1) is 0 Å². The molecule has 1 aliphatic carbocycles. The second-order valence-electron chi connectivity index (χ2n) is 11.6. The van der Waals surface area contributed by atoms with Crippen molar-refractivity contribution < 1.29 is 18.4 Å². The second-order valence-corrected chi connectivity index (χ2v) is 11.6. The van der Waals surface area contributed by atoms with Gasteiger partial charge in [0, 0.05) is 55.8 Å². The number of rotatable bonds is 11. The molecule has 44 heavy (non-hydrogen) atoms. The fourth-order valence-electron chi connectivity index (χ4n) is 6.47. The first-order chi connectivity index (χ1) is 21.5. The zero-order chi connectivity index (χ0) is 30.5. The molecule has 0 radical (unpaired) electrons. The Hall–Kier alpha value is -4.66. The minimum absolute atomic E-state index is 0.00743. The number of halogens is 1. The number of nitrogens with zero attached hydrogens (tertiary/aromatic N) is 4. The molecule has 0 saturated heterocycles. The van der Waals surface area contributed by atoms with Crippen molar-refractivity contribution in [1.82, 2.24) is 24.6 Å². The highest BCUT2D eigenvalue weighted by Gasteiger charge is 2.40. The minimum atomic E-state index is -1.07. The lowest BCUT2D eigenvalue weighted by Gasteiger charge is -2.38. The van der Waals surface area contributed by atoms with E-state index in [1.807, 2.05) is 72.7 Å². The molecule has 1 N–H and O–H groups in total. The van der Waals surface area contributed by atoms with E-state index in [1.54, 1.807) is 29.3 Å². The van der Waals surface area contributed by atoms with Gasteiger partial charge in [0.2, 0.25) is 5.91 Å². The van der Waals surface area contributed by atoms with E-state index in [1.165, 1.54) is 6.07 Å². The molecule has 1 unspecified atom stereocenters. The lowest BCUT2D eigenvalue weighted by atomic mass is 9.83. The second kappa shape index (κ2) is 13.3. The van der Waals surface area contributed by atoms with Crippen LogP contribution in [0.5, 0.6) is 0 Å². The molecule has 6 rings (SSSR count). The summed E-state index contributed by atoms with van der Waals surface area (Å²) >= 11 is 0. The number of furan rings is 1. The van der Waals surface area contributed by atoms with Gasteiger partial charge in [0.05, 0.1) is 5.92 Å². The molecule has 1 saturated carbocycles. The smallest absolute Gasteiger partial charge is 0.251 e. The van der Waals surface area contributed by atoms with Crippen LogP contribution in [0.2, 0.25) is 0 Å². The molecular weight excluding hydrogens is 557 g/mol. The molecule has 0 aliphatic heterocycles. The van der Waals surface area contributed by atoms with Gasteiger partial charge < -0.3 is 19.2 Å². The van der Waals surface area contributed by atoms with Crippen LogP contribution in [0, 0.1) is 11.7 Å². The van der Waals surface area contributed by atoms with Gasteiger partial charge in [0.1, 0.15) is 5.76 Å². The van der Waals surface area contributed by atoms with Crippen molar-refractivity contribution in [3.8, 4) is 0 Å². The molecule has 8 nitrogen and oxygen atoms in total. The fraction of sp³-hybridized carbons (Fsp3) is 0.343. The molecule has 3 aromatic heterocycles. The number of carbonyl (C=O) groups excluding carboxylic acids is 2. The molecule has 0 spiro atoms. The van der Waals surface area contributed by atoms with Crippen LogP contribution in [0.15, 0.2) is 95.8 Å². The van der Waals surface area contributed by atoms with Crippen LogP contribution in [-0.4, -0.2) is 37.6 Å². The third-order valence-corrected chi connectivity index (χ3v) is 8.75. The monoisotopic (exact) mass is 595 g/mol. The number of aromatic nitrogens is 3. The van der Waals surface area contributed by atoms with E-state index in [0.29, 0.717) is 24.8 Å². The molecule has 2 aromatic carbocycles. The van der Waals surface area contributed by atoms with Crippen LogP contribution in [-0.2, 0) is 29.6 Å². The van der Waals surface area contributed by atoms with Crippen molar-refractivity contribution in [2.45, 2.75) is 57.2 Å². The normalized spacial score (nSPS) is 17.4. The Morgan fingerprint density at radius 2 is 1.84 bits per heavy atom. The number of amides is 2. The number of para-hydroxylation sites is 1. The maximum absolute atomic E-state index is 14.8. The number of fused-ring (bicyclic) bond motifs is 1. The number of carbonyl (C=O) groups is 2. The predicted molar refractivity (Wildman–Crippen MR) is 166 cm³/mol. The molecule has 3 heterocycles. The summed E-state index contributed by atoms with van der Waals surface area (Å²) in [5.74, 6) is -1.02. The van der Waals surface area contributed by atoms with Crippen molar-refractivity contribution in [2.24, 2.45) is 13.0 Å². The summed E-state index contributed by atoms with van der Waals surface area (Å²) in [6, 6.07) is 20.9. The van der Waals surface area contributed by atoms with Crippen molar-refractivity contribution in [2.75, 3.05) is 6.54 Å². The van der Waals surface area contributed by atoms with E-state index in [9.17, 15) is 14.0 Å². The third kappa shape index (κ3) is 6.32. The Bertz CT molecular complexity index is 1690. The van der Waals surface area contributed by atoms with Gasteiger partial charge in [-0.1, -0.05) is 55.3 Å². The van der Waals surface area contributed by atoms with Crippen LogP contribution in [0.1, 0.15) is 61.2 Å². The summed E-state index contributed by atoms with van der Waals surface area (Å²) in [5, 5.41) is 7.86. The van der Waals surface area contributed by atoms with Crippen LogP contribution in [0.25, 0.3) is 11.0 Å². The van der Waals surface area contributed by atoms with Gasteiger partial charge in [-0.3, -0.25) is 14.3 Å². The summed E-state index contributed by atoms with van der Waals surface area (Å²) in [7, 11) is 1.89. The van der Waals surface area contributed by atoms with Gasteiger partial charge in [0.25, 0.3) is 5.91 Å². The fourth-order valence-corrected chi connectivity index (χ4v) is 6.47. The van der Waals surface area contributed by atoms with E-state index >= 15 is 0 Å². The predicted octanol–water partition coefficient (Wildman–Crippen LogP) is 6.36. The highest BCUT2D eigenvalue weighted by molar-refractivity contribution is 5.90. The average Bonchev–Trinajstić information content (AvgIpc) is 3.82. The first-order valence-electron chi connectivity index (χ1n) is 15.4. The molecule has 3 atom stereocenters. The average molecular weight is 596 g/mol. The molecular formula is C35H38FN5O3. The Balaban J connectivity index is 1.37. The van der Waals surface area contributed by atoms with Crippen molar-refractivity contribution in [1.29, 1.82) is 0 Å². The maximum Gasteiger partial charge on any atom is 0.251 e. The zero-order valence-electron chi connectivity index (χ0n) is 24.9. The van der Waals surface area contributed by atoms with Crippen LogP contribution < -0.4 is 5.32 Å². The minimum Gasteiger partial charge on any atom is -0.455 e. The van der Waals surface area contributed by atoms with E-state index in [-0.39, 0.29) is 41.7 Å². The SMILES string of the molecule is Cn1nccc1CCCN(C(=O)[C@@H]1CCCC[C@@H]1n1cccc1)C(C(=O)NCc1ccccc1)c1cc2cccc(F)c2o1. The highest BCUT2D eigenvalue weighted by Crippen LogP contribution is 2.38. The molecule has 1 aliphatic rings. The van der Waals surface area contributed by atoms with Gasteiger partial charge in [-0.25, -0.2) is 4.39 Å². The van der Waals surface area contributed by atoms with E-state index < -0.39 is 11.9 Å². The number of aryl methyl sites for hydroxylation is 2. The molecule has 2 amide bonds. The number of hydrogen-bond donors (Lipinski definition) is 1. The largest absolute Gasteiger partial charge is 0.455 e. The molecule has 0 bridgehead atoms. The summed E-state index contributed by atoms with van der Waals surface area (Å²) < 4.78 is 24.8. The zero-order valence-corrected chi connectivity index (χ0v) is 24.9. The Labute approximate surface area is 256 Å². The van der Waals surface area contributed by atoms with Crippen LogP contribution in [0.4, 0.5) is 4.39 Å². The van der Waals surface area contributed by atoms with Crippen molar-refractivity contribution in [3.05, 3.63) is 114 Å². The molecule has 1 fully saturated rings. The van der Waals surface area contributed by atoms with Crippen molar-refractivity contribution in [3.63, 3.8) is 0 Å². The lowest BCUT2D eigenvalue weighted by molar-refractivity contribution is -0.147. The number of hydrogen-bond acceptors (Lipinski definition) is 4. The van der Waals surface area contributed by atoms with Gasteiger partial charge in [-0.05, 0) is 61.6 Å². The van der Waals surface area contributed by atoms with Gasteiger partial charge in [-0.2, -0.15) is 5.10 Å². The summed E-state index contributed by atoms with van der Waals surface area (Å²) in [6.45, 7) is 0.610. The molecule has 228 valence electrons. The van der Waals surface area contributed by atoms with E-state index in [0.717, 1.165) is 36.9 Å². The number of benzene rings is 2. The Morgan fingerprint density at radius 1 is 1.05 bits per heavy atom. The highest BCUT2D eigenvalue weighted by atomic mass is 19.1. The van der Waals surface area contributed by atoms with Gasteiger partial charge >= 0.3 is 0 Å². The topological polar surface area (TPSA) is 85.3 Å². The first kappa shape index (κ1) is 29.4. The van der Waals surface area contributed by atoms with E-state index in [2.05, 4.69) is 15.0 Å². The number of nitrogens with one attached hydrogen (secondary N) is 1. The maximum atomic E-state index is 14.8.